The maximum atomic E-state index is 5.55. The lowest BCUT2D eigenvalue weighted by Crippen LogP contribution is -2.15. The van der Waals surface area contributed by atoms with Crippen molar-refractivity contribution in [3.8, 4) is 11.4 Å². The summed E-state index contributed by atoms with van der Waals surface area (Å²) < 4.78 is 5.55. The summed E-state index contributed by atoms with van der Waals surface area (Å²) in [6.45, 7) is 8.53. The first kappa shape index (κ1) is 19.5. The number of thiazole rings is 1. The Bertz CT molecular complexity index is 899. The zero-order valence-corrected chi connectivity index (χ0v) is 17.5. The molecule has 2 heterocycles. The Balaban J connectivity index is 1.65. The van der Waals surface area contributed by atoms with E-state index in [-0.39, 0.29) is 5.41 Å². The summed E-state index contributed by atoms with van der Waals surface area (Å²) in [6, 6.07) is 6.03. The fraction of sp³-hybridized carbons (Fsp3) is 0.500. The minimum atomic E-state index is 0.218. The third-order valence-electron chi connectivity index (χ3n) is 4.63. The minimum Gasteiger partial charge on any atom is -0.496 e. The van der Waals surface area contributed by atoms with E-state index in [0.29, 0.717) is 5.82 Å². The van der Waals surface area contributed by atoms with Crippen molar-refractivity contribution in [1.29, 1.82) is 0 Å². The molecule has 0 aliphatic carbocycles. The summed E-state index contributed by atoms with van der Waals surface area (Å²) in [5.41, 5.74) is 3.50. The van der Waals surface area contributed by atoms with Gasteiger partial charge in [0.15, 0.2) is 5.82 Å². The van der Waals surface area contributed by atoms with Gasteiger partial charge in [0.1, 0.15) is 5.75 Å². The zero-order chi connectivity index (χ0) is 19.4. The van der Waals surface area contributed by atoms with Gasteiger partial charge >= 0.3 is 0 Å². The summed E-state index contributed by atoms with van der Waals surface area (Å²) in [7, 11) is 1.71. The highest BCUT2D eigenvalue weighted by Gasteiger charge is 2.20. The molecule has 0 bridgehead atoms. The van der Waals surface area contributed by atoms with Crippen LogP contribution in [-0.2, 0) is 12.8 Å². The molecule has 6 nitrogen and oxygen atoms in total. The summed E-state index contributed by atoms with van der Waals surface area (Å²) in [5, 5.41) is 15.6. The predicted octanol–water partition coefficient (Wildman–Crippen LogP) is 4.34. The van der Waals surface area contributed by atoms with Crippen LogP contribution in [0.15, 0.2) is 23.6 Å². The number of methoxy groups -OCH3 is 1. The SMILES string of the molecule is COc1ccc(-n2nnc(C)n2)cc1CCCC(C)(C)Cc1csc(C)n1. The number of aromatic nitrogens is 5. The molecule has 7 heteroatoms. The highest BCUT2D eigenvalue weighted by Crippen LogP contribution is 2.30. The van der Waals surface area contributed by atoms with Gasteiger partial charge in [-0.05, 0) is 73.9 Å². The van der Waals surface area contributed by atoms with Crippen molar-refractivity contribution < 1.29 is 4.74 Å². The number of hydrogen-bond donors (Lipinski definition) is 0. The van der Waals surface area contributed by atoms with E-state index >= 15 is 0 Å². The lowest BCUT2D eigenvalue weighted by atomic mass is 9.82. The van der Waals surface area contributed by atoms with Gasteiger partial charge < -0.3 is 4.74 Å². The van der Waals surface area contributed by atoms with Gasteiger partial charge in [-0.1, -0.05) is 13.8 Å². The first-order valence-electron chi connectivity index (χ1n) is 9.21. The van der Waals surface area contributed by atoms with Gasteiger partial charge in [-0.25, -0.2) is 4.98 Å². The molecule has 0 N–H and O–H groups in total. The minimum absolute atomic E-state index is 0.218. The Kier molecular flexibility index (Phi) is 5.89. The number of hydrogen-bond acceptors (Lipinski definition) is 6. The Morgan fingerprint density at radius 2 is 2.04 bits per heavy atom. The molecule has 0 saturated carbocycles. The molecule has 0 unspecified atom stereocenters. The average Bonchev–Trinajstić information content (AvgIpc) is 3.22. The second-order valence-electron chi connectivity index (χ2n) is 7.67. The Labute approximate surface area is 164 Å². The lowest BCUT2D eigenvalue weighted by molar-refractivity contribution is 0.319. The number of ether oxygens (including phenoxy) is 1. The first-order valence-corrected chi connectivity index (χ1v) is 10.1. The van der Waals surface area contributed by atoms with E-state index in [1.807, 2.05) is 19.1 Å². The van der Waals surface area contributed by atoms with Crippen LogP contribution in [0, 0.1) is 19.3 Å². The number of tetrazole rings is 1. The fourth-order valence-corrected chi connectivity index (χ4v) is 3.92. The van der Waals surface area contributed by atoms with Crippen molar-refractivity contribution >= 4 is 11.3 Å². The van der Waals surface area contributed by atoms with Gasteiger partial charge in [-0.15, -0.1) is 26.3 Å². The molecule has 3 rings (SSSR count). The number of nitrogens with zero attached hydrogens (tertiary/aromatic N) is 5. The smallest absolute Gasteiger partial charge is 0.172 e. The third-order valence-corrected chi connectivity index (χ3v) is 5.46. The van der Waals surface area contributed by atoms with E-state index in [1.165, 1.54) is 11.3 Å². The molecule has 0 aliphatic heterocycles. The quantitative estimate of drug-likeness (QED) is 0.577. The van der Waals surface area contributed by atoms with Crippen LogP contribution in [-0.4, -0.2) is 32.3 Å². The van der Waals surface area contributed by atoms with Crippen LogP contribution in [0.5, 0.6) is 5.75 Å². The summed E-state index contributed by atoms with van der Waals surface area (Å²) >= 11 is 1.73. The normalized spacial score (nSPS) is 11.7. The van der Waals surface area contributed by atoms with Gasteiger partial charge in [0, 0.05) is 5.38 Å². The second kappa shape index (κ2) is 8.17. The van der Waals surface area contributed by atoms with Gasteiger partial charge in [0.05, 0.1) is 23.5 Å². The molecule has 27 heavy (non-hydrogen) atoms. The maximum Gasteiger partial charge on any atom is 0.172 e. The predicted molar refractivity (Wildman–Crippen MR) is 108 cm³/mol. The van der Waals surface area contributed by atoms with Gasteiger partial charge in [-0.2, -0.15) is 0 Å². The Hall–Kier alpha value is -2.28. The van der Waals surface area contributed by atoms with Crippen molar-refractivity contribution in [2.24, 2.45) is 5.41 Å². The molecule has 0 aliphatic rings. The average molecular weight is 386 g/mol. The van der Waals surface area contributed by atoms with Gasteiger partial charge in [0.2, 0.25) is 0 Å². The fourth-order valence-electron chi connectivity index (χ4n) is 3.30. The van der Waals surface area contributed by atoms with Crippen LogP contribution in [0.3, 0.4) is 0 Å². The van der Waals surface area contributed by atoms with Crippen LogP contribution in [0.4, 0.5) is 0 Å². The monoisotopic (exact) mass is 385 g/mol. The van der Waals surface area contributed by atoms with Crippen LogP contribution in [0.1, 0.15) is 48.8 Å². The Morgan fingerprint density at radius 1 is 1.22 bits per heavy atom. The van der Waals surface area contributed by atoms with E-state index in [2.05, 4.69) is 52.6 Å². The maximum absolute atomic E-state index is 5.55. The molecular weight excluding hydrogens is 358 g/mol. The largest absolute Gasteiger partial charge is 0.496 e. The van der Waals surface area contributed by atoms with Crippen molar-refractivity contribution in [3.05, 3.63) is 45.7 Å². The molecule has 0 fully saturated rings. The lowest BCUT2D eigenvalue weighted by Gasteiger charge is -2.23. The summed E-state index contributed by atoms with van der Waals surface area (Å²) in [5.74, 6) is 1.56. The van der Waals surface area contributed by atoms with E-state index < -0.39 is 0 Å². The third kappa shape index (κ3) is 5.13. The number of aryl methyl sites for hydroxylation is 3. The molecule has 0 atom stereocenters. The molecule has 3 aromatic rings. The number of rotatable bonds is 8. The molecule has 0 spiro atoms. The van der Waals surface area contributed by atoms with Crippen molar-refractivity contribution in [2.45, 2.75) is 53.4 Å². The van der Waals surface area contributed by atoms with Crippen LogP contribution in [0.25, 0.3) is 5.69 Å². The molecule has 0 amide bonds. The summed E-state index contributed by atoms with van der Waals surface area (Å²) in [6.07, 6.45) is 4.16. The highest BCUT2D eigenvalue weighted by atomic mass is 32.1. The van der Waals surface area contributed by atoms with Crippen LogP contribution in [0.2, 0.25) is 0 Å². The number of benzene rings is 1. The van der Waals surface area contributed by atoms with Crippen molar-refractivity contribution in [2.75, 3.05) is 7.11 Å². The molecule has 0 saturated heterocycles. The zero-order valence-electron chi connectivity index (χ0n) is 16.7. The van der Waals surface area contributed by atoms with E-state index in [0.717, 1.165) is 42.1 Å². The second-order valence-corrected chi connectivity index (χ2v) is 8.74. The van der Waals surface area contributed by atoms with E-state index in [9.17, 15) is 0 Å². The topological polar surface area (TPSA) is 65.7 Å². The van der Waals surface area contributed by atoms with E-state index in [4.69, 9.17) is 4.74 Å². The molecule has 2 aromatic heterocycles. The Morgan fingerprint density at radius 3 is 2.67 bits per heavy atom. The molecular formula is C20H27N5OS. The van der Waals surface area contributed by atoms with E-state index in [1.54, 1.807) is 23.2 Å². The van der Waals surface area contributed by atoms with Crippen molar-refractivity contribution in [3.63, 3.8) is 0 Å². The standard InChI is InChI=1S/C20H27N5OS/c1-14-22-24-25(23-14)18-8-9-19(26-5)16(11-18)7-6-10-20(3,4)12-17-13-27-15(2)21-17/h8-9,11,13H,6-7,10,12H2,1-5H3. The first-order chi connectivity index (χ1) is 12.9. The van der Waals surface area contributed by atoms with Gasteiger partial charge in [0.25, 0.3) is 0 Å². The van der Waals surface area contributed by atoms with Gasteiger partial charge in [-0.3, -0.25) is 0 Å². The molecule has 144 valence electrons. The molecule has 0 radical (unpaired) electrons. The van der Waals surface area contributed by atoms with Crippen LogP contribution < -0.4 is 4.74 Å². The van der Waals surface area contributed by atoms with Crippen molar-refractivity contribution in [1.82, 2.24) is 25.2 Å². The van der Waals surface area contributed by atoms with Crippen LogP contribution >= 0.6 is 11.3 Å². The molecule has 1 aromatic carbocycles. The highest BCUT2D eigenvalue weighted by molar-refractivity contribution is 7.09. The summed E-state index contributed by atoms with van der Waals surface area (Å²) in [4.78, 5) is 6.17.